The molecule has 3 heteroatoms. The summed E-state index contributed by atoms with van der Waals surface area (Å²) < 4.78 is 10.7. The Morgan fingerprint density at radius 2 is 2.22 bits per heavy atom. The number of ether oxygens (including phenoxy) is 2. The highest BCUT2D eigenvalue weighted by Gasteiger charge is 2.39. The van der Waals surface area contributed by atoms with Crippen molar-refractivity contribution in [3.63, 3.8) is 0 Å². The van der Waals surface area contributed by atoms with Crippen LogP contribution in [-0.4, -0.2) is 31.5 Å². The Kier molecular flexibility index (Phi) is 1.22. The molecule has 0 saturated carbocycles. The van der Waals surface area contributed by atoms with Gasteiger partial charge in [-0.1, -0.05) is 0 Å². The van der Waals surface area contributed by atoms with Gasteiger partial charge in [0.15, 0.2) is 0 Å². The fourth-order valence-electron chi connectivity index (χ4n) is 1.50. The van der Waals surface area contributed by atoms with Crippen molar-refractivity contribution in [1.29, 1.82) is 0 Å². The second kappa shape index (κ2) is 1.94. The maximum atomic E-state index is 5.67. The van der Waals surface area contributed by atoms with E-state index < -0.39 is 0 Å². The molecule has 0 unspecified atom stereocenters. The second-order valence-corrected chi connectivity index (χ2v) is 2.66. The molecule has 9 heavy (non-hydrogen) atoms. The number of hydrogen-bond donors (Lipinski definition) is 1. The number of nitrogens with two attached hydrogens (primary N) is 1. The Labute approximate surface area is 54.1 Å². The van der Waals surface area contributed by atoms with E-state index in [4.69, 9.17) is 15.2 Å². The van der Waals surface area contributed by atoms with Gasteiger partial charge in [-0.15, -0.1) is 0 Å². The van der Waals surface area contributed by atoms with Crippen LogP contribution in [0.4, 0.5) is 0 Å². The Bertz CT molecular complexity index is 118. The van der Waals surface area contributed by atoms with E-state index >= 15 is 0 Å². The van der Waals surface area contributed by atoms with E-state index in [0.717, 1.165) is 13.0 Å². The molecule has 2 aliphatic heterocycles. The predicted octanol–water partition coefficient (Wildman–Crippen LogP) is -0.499. The summed E-state index contributed by atoms with van der Waals surface area (Å²) in [7, 11) is 0. The normalized spacial score (nSPS) is 49.7. The van der Waals surface area contributed by atoms with Gasteiger partial charge in [-0.2, -0.15) is 0 Å². The lowest BCUT2D eigenvalue weighted by molar-refractivity contribution is 0.0709. The summed E-state index contributed by atoms with van der Waals surface area (Å²) in [6.07, 6.45) is 1.53. The van der Waals surface area contributed by atoms with Gasteiger partial charge in [0, 0.05) is 6.61 Å². The first kappa shape index (κ1) is 5.65. The standard InChI is InChI=1S/C6H11NO2/c7-4-3-9-5-1-2-8-6(4)5/h4-6H,1-3,7H2/t4-,5-,6-/m0/s1. The van der Waals surface area contributed by atoms with Gasteiger partial charge in [-0.05, 0) is 6.42 Å². The van der Waals surface area contributed by atoms with E-state index in [0.29, 0.717) is 12.7 Å². The number of hydrogen-bond acceptors (Lipinski definition) is 3. The molecule has 2 heterocycles. The predicted molar refractivity (Wildman–Crippen MR) is 32.1 cm³/mol. The maximum absolute atomic E-state index is 5.67. The van der Waals surface area contributed by atoms with Gasteiger partial charge in [0.2, 0.25) is 0 Å². The van der Waals surface area contributed by atoms with E-state index in [9.17, 15) is 0 Å². The van der Waals surface area contributed by atoms with E-state index in [1.54, 1.807) is 0 Å². The minimum absolute atomic E-state index is 0.123. The highest BCUT2D eigenvalue weighted by Crippen LogP contribution is 2.24. The van der Waals surface area contributed by atoms with Crippen LogP contribution in [0.1, 0.15) is 6.42 Å². The topological polar surface area (TPSA) is 44.5 Å². The lowest BCUT2D eigenvalue weighted by Crippen LogP contribution is -2.34. The molecule has 2 rings (SSSR count). The number of rotatable bonds is 0. The maximum Gasteiger partial charge on any atom is 0.101 e. The minimum atomic E-state index is 0.123. The molecule has 3 nitrogen and oxygen atoms in total. The largest absolute Gasteiger partial charge is 0.374 e. The van der Waals surface area contributed by atoms with E-state index in [1.165, 1.54) is 0 Å². The Hall–Kier alpha value is -0.120. The average Bonchev–Trinajstić information content (AvgIpc) is 2.35. The molecule has 0 spiro atoms. The molecule has 0 radical (unpaired) electrons. The van der Waals surface area contributed by atoms with Gasteiger partial charge in [0.05, 0.1) is 18.8 Å². The highest BCUT2D eigenvalue weighted by molar-refractivity contribution is 4.90. The van der Waals surface area contributed by atoms with Gasteiger partial charge >= 0.3 is 0 Å². The zero-order valence-corrected chi connectivity index (χ0v) is 5.25. The Morgan fingerprint density at radius 3 is 3.00 bits per heavy atom. The van der Waals surface area contributed by atoms with Crippen molar-refractivity contribution < 1.29 is 9.47 Å². The van der Waals surface area contributed by atoms with Crippen LogP contribution in [0.2, 0.25) is 0 Å². The SMILES string of the molecule is N[C@H]1CO[C@H]2CCO[C@H]21. The van der Waals surface area contributed by atoms with Crippen LogP contribution in [0, 0.1) is 0 Å². The van der Waals surface area contributed by atoms with Crippen molar-refractivity contribution in [2.45, 2.75) is 24.7 Å². The summed E-state index contributed by atoms with van der Waals surface area (Å²) in [5.41, 5.74) is 5.67. The van der Waals surface area contributed by atoms with Gasteiger partial charge in [0.1, 0.15) is 6.10 Å². The third kappa shape index (κ3) is 0.764. The van der Waals surface area contributed by atoms with Crippen LogP contribution >= 0.6 is 0 Å². The van der Waals surface area contributed by atoms with Crippen LogP contribution in [0.15, 0.2) is 0 Å². The van der Waals surface area contributed by atoms with Gasteiger partial charge in [-0.3, -0.25) is 0 Å². The first-order valence-electron chi connectivity index (χ1n) is 3.37. The molecule has 2 aliphatic rings. The fourth-order valence-corrected chi connectivity index (χ4v) is 1.50. The molecule has 2 N–H and O–H groups in total. The minimum Gasteiger partial charge on any atom is -0.374 e. The van der Waals surface area contributed by atoms with Crippen molar-refractivity contribution in [1.82, 2.24) is 0 Å². The zero-order valence-electron chi connectivity index (χ0n) is 5.25. The van der Waals surface area contributed by atoms with Crippen molar-refractivity contribution in [2.24, 2.45) is 5.73 Å². The van der Waals surface area contributed by atoms with Crippen molar-refractivity contribution in [2.75, 3.05) is 13.2 Å². The molecule has 0 aromatic carbocycles. The van der Waals surface area contributed by atoms with Crippen LogP contribution in [-0.2, 0) is 9.47 Å². The summed E-state index contributed by atoms with van der Waals surface area (Å²) in [5.74, 6) is 0. The first-order valence-corrected chi connectivity index (χ1v) is 3.37. The highest BCUT2D eigenvalue weighted by atomic mass is 16.6. The van der Waals surface area contributed by atoms with E-state index in [-0.39, 0.29) is 12.1 Å². The lowest BCUT2D eigenvalue weighted by Gasteiger charge is -2.09. The molecule has 3 atom stereocenters. The summed E-state index contributed by atoms with van der Waals surface area (Å²) in [6.45, 7) is 1.50. The monoisotopic (exact) mass is 129 g/mol. The summed E-state index contributed by atoms with van der Waals surface area (Å²) in [5, 5.41) is 0. The molecule has 2 saturated heterocycles. The Morgan fingerprint density at radius 1 is 1.33 bits per heavy atom. The molecular weight excluding hydrogens is 118 g/mol. The second-order valence-electron chi connectivity index (χ2n) is 2.66. The van der Waals surface area contributed by atoms with Crippen molar-refractivity contribution in [3.05, 3.63) is 0 Å². The van der Waals surface area contributed by atoms with E-state index in [1.807, 2.05) is 0 Å². The third-order valence-corrected chi connectivity index (χ3v) is 2.00. The lowest BCUT2D eigenvalue weighted by atomic mass is 10.1. The van der Waals surface area contributed by atoms with Gasteiger partial charge in [0.25, 0.3) is 0 Å². The molecule has 0 amide bonds. The summed E-state index contributed by atoms with van der Waals surface area (Å²) in [6, 6.07) is 0.123. The quantitative estimate of drug-likeness (QED) is 0.479. The van der Waals surface area contributed by atoms with Crippen molar-refractivity contribution >= 4 is 0 Å². The molecule has 0 aliphatic carbocycles. The van der Waals surface area contributed by atoms with Crippen LogP contribution < -0.4 is 5.73 Å². The summed E-state index contributed by atoms with van der Waals surface area (Å²) in [4.78, 5) is 0. The average molecular weight is 129 g/mol. The molecule has 2 fully saturated rings. The Balaban J connectivity index is 2.07. The van der Waals surface area contributed by atoms with Crippen molar-refractivity contribution in [3.8, 4) is 0 Å². The molecule has 0 aromatic heterocycles. The molecule has 0 bridgehead atoms. The van der Waals surface area contributed by atoms with Crippen LogP contribution in [0.25, 0.3) is 0 Å². The fraction of sp³-hybridized carbons (Fsp3) is 1.00. The van der Waals surface area contributed by atoms with Crippen LogP contribution in [0.3, 0.4) is 0 Å². The van der Waals surface area contributed by atoms with Gasteiger partial charge < -0.3 is 15.2 Å². The molecule has 0 aromatic rings. The molecular formula is C6H11NO2. The third-order valence-electron chi connectivity index (χ3n) is 2.00. The zero-order chi connectivity index (χ0) is 6.27. The van der Waals surface area contributed by atoms with Gasteiger partial charge in [-0.25, -0.2) is 0 Å². The smallest absolute Gasteiger partial charge is 0.101 e. The first-order chi connectivity index (χ1) is 4.38. The number of fused-ring (bicyclic) bond motifs is 1. The summed E-state index contributed by atoms with van der Waals surface area (Å²) >= 11 is 0. The van der Waals surface area contributed by atoms with Crippen LogP contribution in [0.5, 0.6) is 0 Å². The molecule has 52 valence electrons. The van der Waals surface area contributed by atoms with E-state index in [2.05, 4.69) is 0 Å².